The van der Waals surface area contributed by atoms with E-state index in [1.54, 1.807) is 23.2 Å². The molecule has 2 bridgehead atoms. The molecule has 1 N–H and O–H groups in total. The maximum Gasteiger partial charge on any atom is 0.416 e. The number of anilines is 3. The van der Waals surface area contributed by atoms with Crippen molar-refractivity contribution < 1.29 is 32.2 Å². The Morgan fingerprint density at radius 3 is 2.77 bits per heavy atom. The first kappa shape index (κ1) is 26.3. The SMILES string of the molecule is CC1(C)OCC(COc2ccc(NC(=O)N3c4nc(-c5cccc(C(F)(F)F)c5)ncc4N4CCC3C4)cn2)O1. The number of carbonyl (C=O) groups is 1. The van der Waals surface area contributed by atoms with E-state index < -0.39 is 23.6 Å². The van der Waals surface area contributed by atoms with E-state index in [2.05, 4.69) is 25.2 Å². The van der Waals surface area contributed by atoms with E-state index in [1.807, 2.05) is 13.8 Å². The quantitative estimate of drug-likeness (QED) is 0.482. The largest absolute Gasteiger partial charge is 0.475 e. The van der Waals surface area contributed by atoms with Crippen LogP contribution in [0.25, 0.3) is 11.4 Å². The molecule has 3 aromatic rings. The van der Waals surface area contributed by atoms with E-state index >= 15 is 0 Å². The average Bonchev–Trinajstić information content (AvgIpc) is 3.50. The lowest BCUT2D eigenvalue weighted by molar-refractivity contribution is -0.141. The Morgan fingerprint density at radius 2 is 2.05 bits per heavy atom. The Bertz CT molecular complexity index is 1420. The molecule has 40 heavy (non-hydrogen) atoms. The summed E-state index contributed by atoms with van der Waals surface area (Å²) >= 11 is 0. The number of nitrogens with zero attached hydrogens (tertiary/aromatic N) is 5. The van der Waals surface area contributed by atoms with Crippen LogP contribution in [0.5, 0.6) is 5.88 Å². The van der Waals surface area contributed by atoms with Gasteiger partial charge < -0.3 is 24.4 Å². The highest BCUT2D eigenvalue weighted by atomic mass is 19.4. The molecule has 0 aliphatic carbocycles. The summed E-state index contributed by atoms with van der Waals surface area (Å²) in [4.78, 5) is 30.3. The number of urea groups is 1. The van der Waals surface area contributed by atoms with E-state index in [1.165, 1.54) is 18.3 Å². The molecule has 2 fully saturated rings. The predicted octanol–water partition coefficient (Wildman–Crippen LogP) is 4.72. The van der Waals surface area contributed by atoms with Crippen molar-refractivity contribution in [1.29, 1.82) is 0 Å². The number of hydrogen-bond acceptors (Lipinski definition) is 8. The lowest BCUT2D eigenvalue weighted by Crippen LogP contribution is -2.48. The number of rotatable bonds is 5. The number of aromatic nitrogens is 3. The van der Waals surface area contributed by atoms with Gasteiger partial charge in [-0.05, 0) is 38.5 Å². The monoisotopic (exact) mass is 556 g/mol. The summed E-state index contributed by atoms with van der Waals surface area (Å²) in [6.07, 6.45) is -0.927. The summed E-state index contributed by atoms with van der Waals surface area (Å²) in [5, 5.41) is 2.86. The minimum Gasteiger partial charge on any atom is -0.475 e. The van der Waals surface area contributed by atoms with Gasteiger partial charge in [0.05, 0.1) is 42.0 Å². The highest BCUT2D eigenvalue weighted by Crippen LogP contribution is 2.40. The average molecular weight is 557 g/mol. The number of ether oxygens (including phenoxy) is 3. The summed E-state index contributed by atoms with van der Waals surface area (Å²) in [5.41, 5.74) is 0.525. The Hall–Kier alpha value is -3.97. The van der Waals surface area contributed by atoms with E-state index in [4.69, 9.17) is 14.2 Å². The molecule has 2 saturated heterocycles. The number of halogens is 3. The van der Waals surface area contributed by atoms with Crippen LogP contribution in [0.15, 0.2) is 48.8 Å². The topological polar surface area (TPSA) is 102 Å². The van der Waals surface area contributed by atoms with Crippen molar-refractivity contribution in [2.45, 2.75) is 44.4 Å². The fourth-order valence-corrected chi connectivity index (χ4v) is 5.09. The molecule has 3 aliphatic rings. The van der Waals surface area contributed by atoms with Crippen LogP contribution in [0, 0.1) is 0 Å². The third kappa shape index (κ3) is 5.26. The number of alkyl halides is 3. The molecule has 2 atom stereocenters. The third-order valence-corrected chi connectivity index (χ3v) is 6.99. The zero-order chi connectivity index (χ0) is 28.1. The van der Waals surface area contributed by atoms with E-state index in [0.717, 1.165) is 18.6 Å². The lowest BCUT2D eigenvalue weighted by Gasteiger charge is -2.35. The molecule has 3 aliphatic heterocycles. The van der Waals surface area contributed by atoms with Gasteiger partial charge >= 0.3 is 12.2 Å². The fraction of sp³-hybridized carbons (Fsp3) is 0.407. The van der Waals surface area contributed by atoms with Crippen molar-refractivity contribution in [3.05, 3.63) is 54.4 Å². The van der Waals surface area contributed by atoms with Crippen LogP contribution in [0.1, 0.15) is 25.8 Å². The smallest absolute Gasteiger partial charge is 0.416 e. The van der Waals surface area contributed by atoms with Crippen molar-refractivity contribution >= 4 is 23.2 Å². The molecule has 0 radical (unpaired) electrons. The van der Waals surface area contributed by atoms with Crippen molar-refractivity contribution in [1.82, 2.24) is 15.0 Å². The van der Waals surface area contributed by atoms with Crippen molar-refractivity contribution in [3.63, 3.8) is 0 Å². The summed E-state index contributed by atoms with van der Waals surface area (Å²) in [5.74, 6) is 0.189. The summed E-state index contributed by atoms with van der Waals surface area (Å²) in [7, 11) is 0. The molecule has 13 heteroatoms. The number of carbonyl (C=O) groups excluding carboxylic acids is 1. The van der Waals surface area contributed by atoms with Gasteiger partial charge in [-0.3, -0.25) is 4.90 Å². The number of benzene rings is 1. The molecular weight excluding hydrogens is 529 g/mol. The van der Waals surface area contributed by atoms with Crippen LogP contribution in [-0.4, -0.2) is 65.2 Å². The number of fused-ring (bicyclic) bond motifs is 4. The predicted molar refractivity (Wildman–Crippen MR) is 139 cm³/mol. The van der Waals surface area contributed by atoms with Gasteiger partial charge in [-0.2, -0.15) is 13.2 Å². The highest BCUT2D eigenvalue weighted by Gasteiger charge is 2.41. The van der Waals surface area contributed by atoms with Crippen molar-refractivity contribution in [2.75, 3.05) is 41.4 Å². The molecule has 10 nitrogen and oxygen atoms in total. The number of pyridine rings is 1. The van der Waals surface area contributed by atoms with Crippen LogP contribution >= 0.6 is 0 Å². The van der Waals surface area contributed by atoms with E-state index in [9.17, 15) is 18.0 Å². The molecule has 0 saturated carbocycles. The molecule has 2 aromatic heterocycles. The van der Waals surface area contributed by atoms with Crippen LogP contribution < -0.4 is 19.9 Å². The van der Waals surface area contributed by atoms with Gasteiger partial charge in [0.15, 0.2) is 17.4 Å². The van der Waals surface area contributed by atoms with Gasteiger partial charge in [0.25, 0.3) is 0 Å². The minimum absolute atomic E-state index is 0.105. The maximum atomic E-state index is 13.5. The normalized spacial score (nSPS) is 21.3. The summed E-state index contributed by atoms with van der Waals surface area (Å²) < 4.78 is 56.8. The molecule has 5 heterocycles. The first-order valence-corrected chi connectivity index (χ1v) is 12.9. The van der Waals surface area contributed by atoms with Crippen LogP contribution in [-0.2, 0) is 15.7 Å². The van der Waals surface area contributed by atoms with Gasteiger partial charge in [-0.1, -0.05) is 12.1 Å². The van der Waals surface area contributed by atoms with Gasteiger partial charge in [-0.25, -0.2) is 19.7 Å². The first-order valence-electron chi connectivity index (χ1n) is 12.9. The first-order chi connectivity index (χ1) is 19.1. The van der Waals surface area contributed by atoms with Gasteiger partial charge in [0, 0.05) is 24.7 Å². The Kier molecular flexibility index (Phi) is 6.50. The molecule has 2 amide bonds. The zero-order valence-corrected chi connectivity index (χ0v) is 21.8. The molecular formula is C27H27F3N6O4. The number of amides is 2. The second-order valence-corrected chi connectivity index (χ2v) is 10.3. The zero-order valence-electron chi connectivity index (χ0n) is 21.8. The molecule has 0 spiro atoms. The molecule has 1 aromatic carbocycles. The van der Waals surface area contributed by atoms with Gasteiger partial charge in [-0.15, -0.1) is 0 Å². The Labute approximate surface area is 228 Å². The molecule has 2 unspecified atom stereocenters. The van der Waals surface area contributed by atoms with Crippen LogP contribution in [0.3, 0.4) is 0 Å². The molecule has 210 valence electrons. The standard InChI is InChI=1S/C27H27F3N6O4/c1-26(2)39-15-20(40-26)14-38-22-7-6-18(11-31-22)33-25(37)36-19-8-9-35(13-19)21-12-32-23(34-24(21)36)16-4-3-5-17(10-16)27(28,29)30/h3-7,10-12,19-20H,8-9,13-15H2,1-2H3,(H,33,37). The van der Waals surface area contributed by atoms with Crippen molar-refractivity contribution in [2.24, 2.45) is 0 Å². The van der Waals surface area contributed by atoms with Crippen molar-refractivity contribution in [3.8, 4) is 17.3 Å². The van der Waals surface area contributed by atoms with E-state index in [0.29, 0.717) is 42.8 Å². The minimum atomic E-state index is -4.49. The second kappa shape index (κ2) is 9.89. The van der Waals surface area contributed by atoms with E-state index in [-0.39, 0.29) is 30.1 Å². The maximum absolute atomic E-state index is 13.5. The highest BCUT2D eigenvalue weighted by molar-refractivity contribution is 6.04. The number of hydrogen-bond donors (Lipinski definition) is 1. The number of nitrogens with one attached hydrogen (secondary N) is 1. The lowest BCUT2D eigenvalue weighted by atomic mass is 10.1. The fourth-order valence-electron chi connectivity index (χ4n) is 5.09. The van der Waals surface area contributed by atoms with Crippen LogP contribution in [0.4, 0.5) is 35.2 Å². The summed E-state index contributed by atoms with van der Waals surface area (Å²) in [6.45, 7) is 5.71. The van der Waals surface area contributed by atoms with Gasteiger partial charge in [0.1, 0.15) is 12.7 Å². The third-order valence-electron chi connectivity index (χ3n) is 6.99. The molecule has 6 rings (SSSR count). The van der Waals surface area contributed by atoms with Gasteiger partial charge in [0.2, 0.25) is 5.88 Å². The second-order valence-electron chi connectivity index (χ2n) is 10.3. The summed E-state index contributed by atoms with van der Waals surface area (Å²) in [6, 6.07) is 7.58. The Balaban J connectivity index is 1.19. The Morgan fingerprint density at radius 1 is 1.20 bits per heavy atom. The van der Waals surface area contributed by atoms with Crippen LogP contribution in [0.2, 0.25) is 0 Å².